The highest BCUT2D eigenvalue weighted by molar-refractivity contribution is 5.79. The Labute approximate surface area is 102 Å². The van der Waals surface area contributed by atoms with Crippen molar-refractivity contribution >= 4 is 23.9 Å². The molecule has 9 heteroatoms. The van der Waals surface area contributed by atoms with Gasteiger partial charge in [0.2, 0.25) is 0 Å². The number of carboxylic acids is 2. The van der Waals surface area contributed by atoms with E-state index >= 15 is 0 Å². The lowest BCUT2D eigenvalue weighted by atomic mass is 10.5. The number of aliphatic hydroxyl groups excluding tert-OH is 1. The first-order valence-corrected chi connectivity index (χ1v) is 4.66. The van der Waals surface area contributed by atoms with Crippen LogP contribution in [0.2, 0.25) is 0 Å². The van der Waals surface area contributed by atoms with Crippen LogP contribution in [-0.2, 0) is 28.7 Å². The van der Waals surface area contributed by atoms with Gasteiger partial charge < -0.3 is 24.8 Å². The van der Waals surface area contributed by atoms with Crippen LogP contribution in [0.4, 0.5) is 0 Å². The number of rotatable bonds is 5. The topological polar surface area (TPSA) is 147 Å². The molecule has 0 aromatic heterocycles. The van der Waals surface area contributed by atoms with Crippen molar-refractivity contribution in [2.75, 3.05) is 6.61 Å². The average molecular weight is 266 g/mol. The number of ether oxygens (including phenoxy) is 2. The van der Waals surface area contributed by atoms with E-state index in [0.717, 1.165) is 6.92 Å². The molecule has 0 aliphatic rings. The molecule has 0 aliphatic heterocycles. The lowest BCUT2D eigenvalue weighted by molar-refractivity contribution is -0.190. The Bertz CT molecular complexity index is 305. The molecule has 0 saturated heterocycles. The molecule has 0 aromatic rings. The number of esters is 2. The zero-order valence-electron chi connectivity index (χ0n) is 9.78. The molecule has 0 aromatic carbocycles. The second kappa shape index (κ2) is 10.0. The molecule has 1 atom stereocenters. The van der Waals surface area contributed by atoms with Crippen LogP contribution >= 0.6 is 0 Å². The van der Waals surface area contributed by atoms with Crippen molar-refractivity contribution in [3.8, 4) is 0 Å². The lowest BCUT2D eigenvalue weighted by Gasteiger charge is -2.07. The predicted molar refractivity (Wildman–Crippen MR) is 54.3 cm³/mol. The number of carbonyl (C=O) groups excluding carboxylic acids is 2. The van der Waals surface area contributed by atoms with Gasteiger partial charge in [-0.15, -0.1) is 0 Å². The van der Waals surface area contributed by atoms with E-state index in [0.29, 0.717) is 0 Å². The van der Waals surface area contributed by atoms with Gasteiger partial charge in [0, 0.05) is 13.3 Å². The maximum absolute atomic E-state index is 10.7. The fourth-order valence-electron chi connectivity index (χ4n) is 0.450. The number of hydrogen-bond acceptors (Lipinski definition) is 7. The zero-order chi connectivity index (χ0) is 14.7. The van der Waals surface area contributed by atoms with Gasteiger partial charge >= 0.3 is 17.9 Å². The molecular weight excluding hydrogens is 252 g/mol. The van der Waals surface area contributed by atoms with E-state index in [1.54, 1.807) is 0 Å². The van der Waals surface area contributed by atoms with Gasteiger partial charge in [-0.25, -0.2) is 9.59 Å². The Morgan fingerprint density at radius 3 is 1.89 bits per heavy atom. The maximum atomic E-state index is 10.7. The van der Waals surface area contributed by atoms with E-state index in [-0.39, 0.29) is 6.42 Å². The van der Waals surface area contributed by atoms with Crippen molar-refractivity contribution < 1.29 is 44.0 Å². The largest absolute Gasteiger partial charge is 0.481 e. The number of carbonyl (C=O) groups is 4. The van der Waals surface area contributed by atoms with Crippen LogP contribution < -0.4 is 0 Å². The summed E-state index contributed by atoms with van der Waals surface area (Å²) < 4.78 is 8.26. The van der Waals surface area contributed by atoms with E-state index in [1.165, 1.54) is 6.92 Å². The summed E-state index contributed by atoms with van der Waals surface area (Å²) in [5, 5.41) is 24.1. The third-order valence-corrected chi connectivity index (χ3v) is 1.09. The molecular formula is C9H14O9. The number of carboxylic acid groups (broad SMARTS) is 2. The Morgan fingerprint density at radius 1 is 1.11 bits per heavy atom. The normalized spacial score (nSPS) is 10.4. The lowest BCUT2D eigenvalue weighted by Crippen LogP contribution is -2.28. The van der Waals surface area contributed by atoms with Gasteiger partial charge in [-0.3, -0.25) is 9.59 Å². The summed E-state index contributed by atoms with van der Waals surface area (Å²) in [6.45, 7) is 1.90. The molecule has 1 unspecified atom stereocenters. The molecule has 3 N–H and O–H groups in total. The maximum Gasteiger partial charge on any atom is 0.373 e. The molecule has 0 fully saturated rings. The highest BCUT2D eigenvalue weighted by Gasteiger charge is 2.18. The van der Waals surface area contributed by atoms with Gasteiger partial charge in [-0.1, -0.05) is 6.92 Å². The number of aliphatic hydroxyl groups is 1. The first-order valence-electron chi connectivity index (χ1n) is 4.66. The molecule has 0 radical (unpaired) electrons. The van der Waals surface area contributed by atoms with Crippen LogP contribution in [-0.4, -0.2) is 52.1 Å². The van der Waals surface area contributed by atoms with Crippen LogP contribution in [0.25, 0.3) is 0 Å². The van der Waals surface area contributed by atoms with Crippen molar-refractivity contribution in [2.45, 2.75) is 26.6 Å². The standard InChI is InChI=1S/C7H10O7.C2H4O2/c1-2-4(8)13-3-5(9)14-7(12)6(10)11;1-2(3)4/h7,12H,2-3H2,1H3,(H,10,11);1H3,(H,3,4). The smallest absolute Gasteiger partial charge is 0.373 e. The Morgan fingerprint density at radius 2 is 1.56 bits per heavy atom. The average Bonchev–Trinajstić information content (AvgIpc) is 2.24. The highest BCUT2D eigenvalue weighted by atomic mass is 16.7. The van der Waals surface area contributed by atoms with Gasteiger partial charge in [0.1, 0.15) is 0 Å². The van der Waals surface area contributed by atoms with Crippen molar-refractivity contribution in [1.82, 2.24) is 0 Å². The summed E-state index contributed by atoms with van der Waals surface area (Å²) in [7, 11) is 0. The SMILES string of the molecule is CC(=O)O.CCC(=O)OCC(=O)OC(O)C(=O)O. The summed E-state index contributed by atoms with van der Waals surface area (Å²) >= 11 is 0. The van der Waals surface area contributed by atoms with E-state index < -0.39 is 36.8 Å². The zero-order valence-corrected chi connectivity index (χ0v) is 9.78. The predicted octanol–water partition coefficient (Wildman–Crippen LogP) is -1.02. The highest BCUT2D eigenvalue weighted by Crippen LogP contribution is 1.91. The third-order valence-electron chi connectivity index (χ3n) is 1.09. The van der Waals surface area contributed by atoms with E-state index in [1.807, 2.05) is 0 Å². The van der Waals surface area contributed by atoms with Gasteiger partial charge in [-0.2, -0.15) is 0 Å². The quantitative estimate of drug-likeness (QED) is 0.419. The second-order valence-corrected chi connectivity index (χ2v) is 2.71. The summed E-state index contributed by atoms with van der Waals surface area (Å²) in [5.41, 5.74) is 0. The van der Waals surface area contributed by atoms with Crippen LogP contribution in [0.3, 0.4) is 0 Å². The molecule has 0 amide bonds. The molecule has 0 aliphatic carbocycles. The van der Waals surface area contributed by atoms with E-state index in [2.05, 4.69) is 9.47 Å². The van der Waals surface area contributed by atoms with Crippen LogP contribution in [0.15, 0.2) is 0 Å². The number of hydrogen-bond donors (Lipinski definition) is 3. The first-order chi connectivity index (χ1) is 8.20. The van der Waals surface area contributed by atoms with Crippen LogP contribution in [0.5, 0.6) is 0 Å². The fraction of sp³-hybridized carbons (Fsp3) is 0.556. The van der Waals surface area contributed by atoms with E-state index in [4.69, 9.17) is 20.1 Å². The summed E-state index contributed by atoms with van der Waals surface area (Å²) in [5.74, 6) is -4.27. The van der Waals surface area contributed by atoms with Crippen molar-refractivity contribution in [3.63, 3.8) is 0 Å². The molecule has 9 nitrogen and oxygen atoms in total. The molecule has 0 heterocycles. The third kappa shape index (κ3) is 13.8. The summed E-state index contributed by atoms with van der Waals surface area (Å²) in [6, 6.07) is 0. The molecule has 0 spiro atoms. The minimum atomic E-state index is -2.23. The monoisotopic (exact) mass is 266 g/mol. The van der Waals surface area contributed by atoms with Crippen molar-refractivity contribution in [1.29, 1.82) is 0 Å². The Hall–Kier alpha value is -2.16. The first kappa shape index (κ1) is 18.2. The fourth-order valence-corrected chi connectivity index (χ4v) is 0.450. The van der Waals surface area contributed by atoms with Crippen molar-refractivity contribution in [3.05, 3.63) is 0 Å². The van der Waals surface area contributed by atoms with Gasteiger partial charge in [0.15, 0.2) is 6.61 Å². The summed E-state index contributed by atoms with van der Waals surface area (Å²) in [4.78, 5) is 40.2. The molecule has 0 bridgehead atoms. The Balaban J connectivity index is 0. The Kier molecular flexibility index (Phi) is 10.1. The van der Waals surface area contributed by atoms with Crippen LogP contribution in [0, 0.1) is 0 Å². The van der Waals surface area contributed by atoms with Crippen molar-refractivity contribution in [2.24, 2.45) is 0 Å². The minimum absolute atomic E-state index is 0.0920. The molecule has 104 valence electrons. The molecule has 0 rings (SSSR count). The second-order valence-electron chi connectivity index (χ2n) is 2.71. The van der Waals surface area contributed by atoms with Gasteiger partial charge in [-0.05, 0) is 0 Å². The molecule has 0 saturated carbocycles. The van der Waals surface area contributed by atoms with E-state index in [9.17, 15) is 14.4 Å². The summed E-state index contributed by atoms with van der Waals surface area (Å²) in [6.07, 6.45) is -2.14. The van der Waals surface area contributed by atoms with Gasteiger partial charge in [0.05, 0.1) is 0 Å². The van der Waals surface area contributed by atoms with Gasteiger partial charge in [0.25, 0.3) is 12.3 Å². The minimum Gasteiger partial charge on any atom is -0.481 e. The molecule has 18 heavy (non-hydrogen) atoms. The number of aliphatic carboxylic acids is 2. The van der Waals surface area contributed by atoms with Crippen LogP contribution in [0.1, 0.15) is 20.3 Å².